The number of fused-ring (bicyclic) bond motifs is 4. The fourth-order valence-electron chi connectivity index (χ4n) is 4.90. The number of para-hydroxylation sites is 1. The number of hydrogen-bond acceptors (Lipinski definition) is 3. The fourth-order valence-corrected chi connectivity index (χ4v) is 4.90. The Kier molecular flexibility index (Phi) is 3.14. The van der Waals surface area contributed by atoms with Crippen LogP contribution in [0.3, 0.4) is 0 Å². The molecule has 2 aromatic carbocycles. The smallest absolute Gasteiger partial charge is 0.0559 e. The van der Waals surface area contributed by atoms with Gasteiger partial charge in [-0.3, -0.25) is 4.98 Å². The van der Waals surface area contributed by atoms with Gasteiger partial charge in [0.05, 0.1) is 11.9 Å². The molecule has 0 radical (unpaired) electrons. The third-order valence-electron chi connectivity index (χ3n) is 6.42. The minimum absolute atomic E-state index is 0.719. The summed E-state index contributed by atoms with van der Waals surface area (Å²) in [7, 11) is 2.23. The summed E-state index contributed by atoms with van der Waals surface area (Å²) in [6.45, 7) is 3.50. The highest BCUT2D eigenvalue weighted by Crippen LogP contribution is 2.35. The number of rotatable bonds is 2. The van der Waals surface area contributed by atoms with Crippen LogP contribution >= 0.6 is 0 Å². The van der Waals surface area contributed by atoms with Crippen LogP contribution in [-0.4, -0.2) is 47.6 Å². The second-order valence-electron chi connectivity index (χ2n) is 8.03. The molecule has 0 unspecified atom stereocenters. The summed E-state index contributed by atoms with van der Waals surface area (Å²) in [6, 6.07) is 18.2. The number of anilines is 1. The molecular weight excluding hydrogens is 332 g/mol. The second kappa shape index (κ2) is 5.57. The zero-order valence-corrected chi connectivity index (χ0v) is 15.4. The molecule has 2 saturated heterocycles. The van der Waals surface area contributed by atoms with Crippen molar-refractivity contribution >= 4 is 27.5 Å². The molecule has 4 aromatic rings. The van der Waals surface area contributed by atoms with E-state index in [4.69, 9.17) is 0 Å². The van der Waals surface area contributed by atoms with E-state index in [9.17, 15) is 0 Å². The quantitative estimate of drug-likeness (QED) is 0.588. The molecule has 134 valence electrons. The maximum Gasteiger partial charge on any atom is 0.0559 e. The number of hydrogen-bond donors (Lipinski definition) is 1. The van der Waals surface area contributed by atoms with E-state index < -0.39 is 0 Å². The lowest BCUT2D eigenvalue weighted by atomic mass is 9.93. The van der Waals surface area contributed by atoms with Crippen molar-refractivity contribution in [1.29, 1.82) is 0 Å². The Labute approximate surface area is 158 Å². The summed E-state index contributed by atoms with van der Waals surface area (Å²) in [5.41, 5.74) is 6.03. The highest BCUT2D eigenvalue weighted by molar-refractivity contribution is 6.08. The average molecular weight is 354 g/mol. The van der Waals surface area contributed by atoms with Gasteiger partial charge in [-0.15, -0.1) is 0 Å². The Balaban J connectivity index is 1.39. The normalized spacial score (nSPS) is 22.3. The first-order chi connectivity index (χ1) is 13.3. The molecule has 0 aliphatic carbocycles. The molecule has 2 fully saturated rings. The highest BCUT2D eigenvalue weighted by atomic mass is 15.3. The molecule has 4 nitrogen and oxygen atoms in total. The number of H-pyrrole nitrogens is 1. The molecular formula is C23H22N4. The van der Waals surface area contributed by atoms with Crippen LogP contribution in [0.4, 0.5) is 5.69 Å². The van der Waals surface area contributed by atoms with E-state index in [0.29, 0.717) is 0 Å². The number of pyridine rings is 1. The van der Waals surface area contributed by atoms with Crippen molar-refractivity contribution in [1.82, 2.24) is 14.9 Å². The van der Waals surface area contributed by atoms with Crippen molar-refractivity contribution in [2.45, 2.75) is 6.04 Å². The number of likely N-dealkylation sites (tertiary alicyclic amines) is 1. The molecule has 6 rings (SSSR count). The molecule has 1 N–H and O–H groups in total. The minimum Gasteiger partial charge on any atom is -0.368 e. The van der Waals surface area contributed by atoms with Crippen molar-refractivity contribution in [2.75, 3.05) is 31.6 Å². The lowest BCUT2D eigenvalue weighted by Crippen LogP contribution is -2.52. The summed E-state index contributed by atoms with van der Waals surface area (Å²) in [6.07, 6.45) is 3.99. The number of aromatic nitrogens is 2. The predicted octanol–water partition coefficient (Wildman–Crippen LogP) is 4.13. The molecule has 27 heavy (non-hydrogen) atoms. The highest BCUT2D eigenvalue weighted by Gasteiger charge is 2.43. The molecule has 0 amide bonds. The Morgan fingerprint density at radius 2 is 1.78 bits per heavy atom. The summed E-state index contributed by atoms with van der Waals surface area (Å²) >= 11 is 0. The molecule has 2 aliphatic heterocycles. The van der Waals surface area contributed by atoms with E-state index in [-0.39, 0.29) is 0 Å². The van der Waals surface area contributed by atoms with Crippen LogP contribution in [0.2, 0.25) is 0 Å². The van der Waals surface area contributed by atoms with Crippen molar-refractivity contribution < 1.29 is 0 Å². The largest absolute Gasteiger partial charge is 0.368 e. The molecule has 4 heterocycles. The SMILES string of the molecule is CN1C[C@H]2CN(c3cncc(-c4ccc5[nH]c6ccccc6c5c4)c3)C[C@H]21. The van der Waals surface area contributed by atoms with Crippen LogP contribution in [0.15, 0.2) is 60.9 Å². The molecule has 2 aromatic heterocycles. The third-order valence-corrected chi connectivity index (χ3v) is 6.42. The van der Waals surface area contributed by atoms with Gasteiger partial charge in [0, 0.05) is 65.2 Å². The Morgan fingerprint density at radius 3 is 2.67 bits per heavy atom. The maximum atomic E-state index is 4.56. The fraction of sp³-hybridized carbons (Fsp3) is 0.261. The van der Waals surface area contributed by atoms with E-state index in [2.05, 4.69) is 75.3 Å². The van der Waals surface area contributed by atoms with Crippen LogP contribution in [-0.2, 0) is 0 Å². The average Bonchev–Trinajstić information content (AvgIpc) is 3.25. The van der Waals surface area contributed by atoms with Gasteiger partial charge in [0.2, 0.25) is 0 Å². The summed E-state index contributed by atoms with van der Waals surface area (Å²) < 4.78 is 0. The maximum absolute atomic E-state index is 4.56. The Morgan fingerprint density at radius 1 is 0.889 bits per heavy atom. The predicted molar refractivity (Wildman–Crippen MR) is 111 cm³/mol. The lowest BCUT2D eigenvalue weighted by Gasteiger charge is -2.40. The standard InChI is InChI=1S/C23H22N4/c1-26-12-17-13-27(14-23(17)26)18-8-16(10-24-11-18)15-6-7-22-20(9-15)19-4-2-3-5-21(19)25-22/h2-11,17,23,25H,12-14H2,1H3/t17-,23+/m0/s1. The molecule has 4 heteroatoms. The van der Waals surface area contributed by atoms with Gasteiger partial charge < -0.3 is 14.8 Å². The number of benzene rings is 2. The van der Waals surface area contributed by atoms with E-state index in [1.54, 1.807) is 0 Å². The van der Waals surface area contributed by atoms with Crippen LogP contribution in [0, 0.1) is 5.92 Å². The third kappa shape index (κ3) is 2.30. The number of nitrogens with zero attached hydrogens (tertiary/aromatic N) is 3. The Hall–Kier alpha value is -2.85. The first-order valence-electron chi connectivity index (χ1n) is 9.67. The Bertz CT molecular complexity index is 1160. The molecule has 2 atom stereocenters. The first-order valence-corrected chi connectivity index (χ1v) is 9.67. The first kappa shape index (κ1) is 15.2. The minimum atomic E-state index is 0.719. The van der Waals surface area contributed by atoms with Crippen molar-refractivity contribution in [3.05, 3.63) is 60.9 Å². The molecule has 0 bridgehead atoms. The monoisotopic (exact) mass is 354 g/mol. The zero-order valence-electron chi connectivity index (χ0n) is 15.4. The van der Waals surface area contributed by atoms with Gasteiger partial charge in [-0.1, -0.05) is 24.3 Å². The van der Waals surface area contributed by atoms with Gasteiger partial charge in [-0.2, -0.15) is 0 Å². The summed E-state index contributed by atoms with van der Waals surface area (Å²) in [5.74, 6) is 0.821. The van der Waals surface area contributed by atoms with Gasteiger partial charge in [0.15, 0.2) is 0 Å². The van der Waals surface area contributed by atoms with Crippen molar-refractivity contribution in [2.24, 2.45) is 5.92 Å². The van der Waals surface area contributed by atoms with Crippen molar-refractivity contribution in [3.8, 4) is 11.1 Å². The zero-order chi connectivity index (χ0) is 18.0. The van der Waals surface area contributed by atoms with Gasteiger partial charge in [-0.05, 0) is 36.9 Å². The summed E-state index contributed by atoms with van der Waals surface area (Å²) in [4.78, 5) is 13.0. The van der Waals surface area contributed by atoms with E-state index in [1.807, 2.05) is 12.4 Å². The lowest BCUT2D eigenvalue weighted by molar-refractivity contribution is 0.0827. The van der Waals surface area contributed by atoms with Crippen LogP contribution < -0.4 is 4.90 Å². The number of aromatic amines is 1. The van der Waals surface area contributed by atoms with Crippen LogP contribution in [0.25, 0.3) is 32.9 Å². The second-order valence-corrected chi connectivity index (χ2v) is 8.03. The van der Waals surface area contributed by atoms with Gasteiger partial charge >= 0.3 is 0 Å². The number of likely N-dealkylation sites (N-methyl/N-ethyl adjacent to an activating group) is 1. The van der Waals surface area contributed by atoms with Crippen molar-refractivity contribution in [3.63, 3.8) is 0 Å². The van der Waals surface area contributed by atoms with Gasteiger partial charge in [-0.25, -0.2) is 0 Å². The molecule has 2 aliphatic rings. The number of nitrogens with one attached hydrogen (secondary N) is 1. The van der Waals surface area contributed by atoms with Gasteiger partial charge in [0.25, 0.3) is 0 Å². The molecule has 0 spiro atoms. The van der Waals surface area contributed by atoms with E-state index in [1.165, 1.54) is 45.2 Å². The summed E-state index contributed by atoms with van der Waals surface area (Å²) in [5, 5.41) is 2.55. The van der Waals surface area contributed by atoms with Crippen LogP contribution in [0.5, 0.6) is 0 Å². The van der Waals surface area contributed by atoms with Crippen LogP contribution in [0.1, 0.15) is 0 Å². The van der Waals surface area contributed by atoms with E-state index in [0.717, 1.165) is 25.0 Å². The van der Waals surface area contributed by atoms with Gasteiger partial charge in [0.1, 0.15) is 0 Å². The molecule has 0 saturated carbocycles. The topological polar surface area (TPSA) is 35.2 Å². The van der Waals surface area contributed by atoms with E-state index >= 15 is 0 Å².